The van der Waals surface area contributed by atoms with Gasteiger partial charge >= 0.3 is 0 Å². The molecule has 2 aliphatic rings. The fourth-order valence-electron chi connectivity index (χ4n) is 3.84. The van der Waals surface area contributed by atoms with E-state index in [0.29, 0.717) is 50.9 Å². The average Bonchev–Trinajstić information content (AvgIpc) is 3.31. The van der Waals surface area contributed by atoms with Crippen LogP contribution in [-0.4, -0.2) is 60.9 Å². The molecule has 1 atom stereocenters. The van der Waals surface area contributed by atoms with Gasteiger partial charge in [-0.25, -0.2) is 4.98 Å². The van der Waals surface area contributed by atoms with E-state index in [-0.39, 0.29) is 22.8 Å². The van der Waals surface area contributed by atoms with Gasteiger partial charge < -0.3 is 19.7 Å². The lowest BCUT2D eigenvalue weighted by Gasteiger charge is -2.29. The number of nitrogens with zero attached hydrogens (tertiary/aromatic N) is 4. The summed E-state index contributed by atoms with van der Waals surface area (Å²) in [6.45, 7) is 5.09. The van der Waals surface area contributed by atoms with Crippen molar-refractivity contribution in [3.63, 3.8) is 0 Å². The van der Waals surface area contributed by atoms with Gasteiger partial charge in [-0.15, -0.1) is 0 Å². The smallest absolute Gasteiger partial charge is 0.267 e. The second-order valence-electron chi connectivity index (χ2n) is 7.65. The van der Waals surface area contributed by atoms with E-state index in [1.165, 1.54) is 10.5 Å². The van der Waals surface area contributed by atoms with Crippen molar-refractivity contribution >= 4 is 23.4 Å². The highest BCUT2D eigenvalue weighted by Crippen LogP contribution is 2.21. The van der Waals surface area contributed by atoms with Crippen molar-refractivity contribution in [2.24, 2.45) is 0 Å². The number of rotatable bonds is 5. The highest BCUT2D eigenvalue weighted by Gasteiger charge is 2.22. The van der Waals surface area contributed by atoms with Crippen molar-refractivity contribution in [2.75, 3.05) is 44.4 Å². The number of aromatic nitrogens is 2. The summed E-state index contributed by atoms with van der Waals surface area (Å²) in [7, 11) is 0. The van der Waals surface area contributed by atoms with E-state index in [0.717, 1.165) is 18.4 Å². The molecule has 1 N–H and O–H groups in total. The highest BCUT2D eigenvalue weighted by atomic mass is 16.5. The lowest BCUT2D eigenvalue weighted by atomic mass is 10.1. The zero-order chi connectivity index (χ0) is 21.8. The molecule has 2 aromatic heterocycles. The van der Waals surface area contributed by atoms with Gasteiger partial charge in [0.05, 0.1) is 24.9 Å². The van der Waals surface area contributed by atoms with Crippen LogP contribution >= 0.6 is 0 Å². The van der Waals surface area contributed by atoms with Gasteiger partial charge in [-0.2, -0.15) is 5.26 Å². The van der Waals surface area contributed by atoms with E-state index >= 15 is 0 Å². The molecule has 0 aromatic carbocycles. The molecule has 0 radical (unpaired) electrons. The number of ether oxygens (including phenoxy) is 2. The number of anilines is 1. The van der Waals surface area contributed by atoms with E-state index < -0.39 is 5.91 Å². The molecule has 162 valence electrons. The summed E-state index contributed by atoms with van der Waals surface area (Å²) in [4.78, 5) is 32.7. The monoisotopic (exact) mass is 423 g/mol. The predicted molar refractivity (Wildman–Crippen MR) is 115 cm³/mol. The Balaban J connectivity index is 1.74. The maximum absolute atomic E-state index is 13.3. The van der Waals surface area contributed by atoms with Crippen molar-refractivity contribution in [1.29, 1.82) is 5.26 Å². The predicted octanol–water partition coefficient (Wildman–Crippen LogP) is 1.04. The maximum atomic E-state index is 13.3. The molecule has 4 rings (SSSR count). The summed E-state index contributed by atoms with van der Waals surface area (Å²) in [5.41, 5.74) is 1.16. The molecular formula is C22H25N5O4. The molecular weight excluding hydrogens is 398 g/mol. The Morgan fingerprint density at radius 3 is 2.90 bits per heavy atom. The van der Waals surface area contributed by atoms with E-state index in [1.807, 2.05) is 24.0 Å². The van der Waals surface area contributed by atoms with Crippen LogP contribution in [-0.2, 0) is 14.3 Å². The number of nitrogens with one attached hydrogen (secondary N) is 1. The molecule has 0 aliphatic carbocycles. The van der Waals surface area contributed by atoms with Gasteiger partial charge in [0.1, 0.15) is 23.1 Å². The van der Waals surface area contributed by atoms with Crippen LogP contribution in [0.4, 0.5) is 5.82 Å². The zero-order valence-electron chi connectivity index (χ0n) is 17.5. The highest BCUT2D eigenvalue weighted by molar-refractivity contribution is 6.02. The Hall–Kier alpha value is -3.22. The Morgan fingerprint density at radius 2 is 2.19 bits per heavy atom. The van der Waals surface area contributed by atoms with Crippen LogP contribution in [0.15, 0.2) is 28.7 Å². The fourth-order valence-corrected chi connectivity index (χ4v) is 3.84. The molecule has 31 heavy (non-hydrogen) atoms. The number of hydrogen-bond acceptors (Lipinski definition) is 7. The maximum Gasteiger partial charge on any atom is 0.267 e. The number of nitriles is 1. The van der Waals surface area contributed by atoms with Gasteiger partial charge in [0, 0.05) is 32.4 Å². The van der Waals surface area contributed by atoms with Crippen LogP contribution in [0.3, 0.4) is 0 Å². The summed E-state index contributed by atoms with van der Waals surface area (Å²) in [5, 5.41) is 12.4. The first-order chi connectivity index (χ1) is 15.1. The summed E-state index contributed by atoms with van der Waals surface area (Å²) < 4.78 is 12.4. The Bertz CT molecular complexity index is 1110. The van der Waals surface area contributed by atoms with Crippen LogP contribution in [0.1, 0.15) is 24.0 Å². The third-order valence-electron chi connectivity index (χ3n) is 5.54. The molecule has 0 bridgehead atoms. The van der Waals surface area contributed by atoms with Crippen molar-refractivity contribution in [3.8, 4) is 6.07 Å². The third-order valence-corrected chi connectivity index (χ3v) is 5.54. The van der Waals surface area contributed by atoms with Crippen molar-refractivity contribution < 1.29 is 14.3 Å². The van der Waals surface area contributed by atoms with Crippen molar-refractivity contribution in [2.45, 2.75) is 25.9 Å². The van der Waals surface area contributed by atoms with Gasteiger partial charge in [-0.3, -0.25) is 14.0 Å². The minimum atomic E-state index is -0.528. The number of fused-ring (bicyclic) bond motifs is 1. The molecule has 2 aliphatic heterocycles. The summed E-state index contributed by atoms with van der Waals surface area (Å²) in [6.07, 6.45) is 4.79. The number of carbonyl (C=O) groups is 1. The standard InChI is InChI=1S/C22H25N5O4/c1-15-4-2-6-27-19(15)25-20(26-7-10-30-11-8-26)18(22(27)29)12-16(13-23)21(28)24-14-17-5-3-9-31-17/h2,4,6,12,17H,3,5,7-11,14H2,1H3,(H,24,28)/b16-12-/t17-/m0/s1. The van der Waals surface area contributed by atoms with E-state index in [1.54, 1.807) is 12.3 Å². The number of hydrogen-bond donors (Lipinski definition) is 1. The third kappa shape index (κ3) is 4.45. The number of amides is 1. The first kappa shape index (κ1) is 21.0. The molecule has 1 amide bonds. The van der Waals surface area contributed by atoms with Gasteiger partial charge in [-0.1, -0.05) is 6.07 Å². The molecule has 0 saturated carbocycles. The lowest BCUT2D eigenvalue weighted by Crippen LogP contribution is -2.39. The SMILES string of the molecule is Cc1cccn2c(=O)c(/C=C(/C#N)C(=O)NC[C@@H]3CCCO3)c(N3CCOCC3)nc12. The van der Waals surface area contributed by atoms with Crippen LogP contribution in [0.25, 0.3) is 11.7 Å². The Kier molecular flexibility index (Phi) is 6.30. The molecule has 9 nitrogen and oxygen atoms in total. The quantitative estimate of drug-likeness (QED) is 0.565. The summed E-state index contributed by atoms with van der Waals surface area (Å²) in [5.74, 6) is -0.0676. The van der Waals surface area contributed by atoms with Crippen LogP contribution in [0, 0.1) is 18.3 Å². The zero-order valence-corrected chi connectivity index (χ0v) is 17.5. The van der Waals surface area contributed by atoms with Crippen molar-refractivity contribution in [1.82, 2.24) is 14.7 Å². The van der Waals surface area contributed by atoms with Crippen LogP contribution in [0.2, 0.25) is 0 Å². The van der Waals surface area contributed by atoms with Crippen LogP contribution in [0.5, 0.6) is 0 Å². The molecule has 0 spiro atoms. The molecule has 0 unspecified atom stereocenters. The van der Waals surface area contributed by atoms with E-state index in [2.05, 4.69) is 5.32 Å². The lowest BCUT2D eigenvalue weighted by molar-refractivity contribution is -0.117. The normalized spacial score (nSPS) is 19.4. The number of morpholine rings is 1. The van der Waals surface area contributed by atoms with E-state index in [4.69, 9.17) is 14.5 Å². The molecule has 2 aromatic rings. The number of pyridine rings is 1. The molecule has 9 heteroatoms. The first-order valence-corrected chi connectivity index (χ1v) is 10.4. The minimum absolute atomic E-state index is 0.0382. The van der Waals surface area contributed by atoms with Gasteiger partial charge in [-0.05, 0) is 37.5 Å². The van der Waals surface area contributed by atoms with Gasteiger partial charge in [0.2, 0.25) is 0 Å². The average molecular weight is 423 g/mol. The first-order valence-electron chi connectivity index (χ1n) is 10.4. The van der Waals surface area contributed by atoms with Crippen molar-refractivity contribution in [3.05, 3.63) is 45.4 Å². The number of carbonyl (C=O) groups excluding carboxylic acids is 1. The molecule has 2 saturated heterocycles. The van der Waals surface area contributed by atoms with Crippen LogP contribution < -0.4 is 15.8 Å². The summed E-state index contributed by atoms with van der Waals surface area (Å²) >= 11 is 0. The topological polar surface area (TPSA) is 109 Å². The second-order valence-corrected chi connectivity index (χ2v) is 7.65. The fraction of sp³-hybridized carbons (Fsp3) is 0.455. The Labute approximate surface area is 179 Å². The largest absolute Gasteiger partial charge is 0.378 e. The van der Waals surface area contributed by atoms with Gasteiger partial charge in [0.25, 0.3) is 11.5 Å². The molecule has 4 heterocycles. The second kappa shape index (κ2) is 9.29. The summed E-state index contributed by atoms with van der Waals surface area (Å²) in [6, 6.07) is 5.59. The number of aryl methyl sites for hydroxylation is 1. The minimum Gasteiger partial charge on any atom is -0.378 e. The molecule has 2 fully saturated rings. The Morgan fingerprint density at radius 1 is 1.39 bits per heavy atom. The van der Waals surface area contributed by atoms with Gasteiger partial charge in [0.15, 0.2) is 0 Å². The van der Waals surface area contributed by atoms with E-state index in [9.17, 15) is 14.9 Å².